The molecular weight excluding hydrogens is 169 g/mol. The van der Waals surface area contributed by atoms with Gasteiger partial charge in [-0.2, -0.15) is 5.84 Å². The van der Waals surface area contributed by atoms with Gasteiger partial charge in [-0.3, -0.25) is 4.99 Å². The molecule has 1 aromatic carbocycles. The van der Waals surface area contributed by atoms with Crippen LogP contribution in [0.4, 0.5) is 4.39 Å². The van der Waals surface area contributed by atoms with Crippen molar-refractivity contribution < 1.29 is 9.38 Å². The minimum absolute atomic E-state index is 0.226. The molecule has 0 bridgehead atoms. The van der Waals surface area contributed by atoms with Gasteiger partial charge in [0.05, 0.1) is 13.5 Å². The smallest absolute Gasteiger partial charge is 0.264 e. The Kier molecular flexibility index (Phi) is 3.40. The van der Waals surface area contributed by atoms with E-state index >= 15 is 0 Å². The Bertz CT molecular complexity index is 292. The number of hydrazine groups is 1. The van der Waals surface area contributed by atoms with E-state index < -0.39 is 0 Å². The van der Waals surface area contributed by atoms with Gasteiger partial charge in [0.2, 0.25) is 0 Å². The zero-order valence-electron chi connectivity index (χ0n) is 7.47. The first-order chi connectivity index (χ1) is 6.26. The Morgan fingerprint density at radius 2 is 2.08 bits per heavy atom. The number of rotatable bonds is 2. The van der Waals surface area contributed by atoms with Gasteiger partial charge in [-0.15, -0.1) is 0 Å². The van der Waals surface area contributed by atoms with Gasteiger partial charge in [0, 0.05) is 0 Å². The van der Waals surface area contributed by atoms with E-state index in [2.05, 4.69) is 10.4 Å². The van der Waals surface area contributed by atoms with Gasteiger partial charge in [-0.25, -0.2) is 9.82 Å². The second-order valence-corrected chi connectivity index (χ2v) is 2.68. The molecule has 0 aliphatic rings. The first-order valence-corrected chi connectivity index (χ1v) is 4.01. The molecule has 0 aromatic heterocycles. The lowest BCUT2D eigenvalue weighted by Crippen LogP contribution is -2.73. The Balaban J connectivity index is 2.69. The maximum Gasteiger partial charge on any atom is 0.264 e. The number of halogens is 1. The van der Waals surface area contributed by atoms with E-state index in [-0.39, 0.29) is 5.82 Å². The first-order valence-electron chi connectivity index (χ1n) is 4.01. The van der Waals surface area contributed by atoms with Gasteiger partial charge >= 0.3 is 0 Å². The molecule has 3 nitrogen and oxygen atoms in total. The molecule has 4 N–H and O–H groups in total. The van der Waals surface area contributed by atoms with Crippen LogP contribution in [0.2, 0.25) is 0 Å². The summed E-state index contributed by atoms with van der Waals surface area (Å²) in [6, 6.07) is 6.31. The van der Waals surface area contributed by atoms with E-state index in [1.165, 1.54) is 12.1 Å². The number of nitrogens with one attached hydrogen (secondary N) is 2. The van der Waals surface area contributed by atoms with Crippen molar-refractivity contribution in [3.63, 3.8) is 0 Å². The summed E-state index contributed by atoms with van der Waals surface area (Å²) in [7, 11) is 1.78. The lowest BCUT2D eigenvalue weighted by molar-refractivity contribution is -0.423. The molecule has 0 saturated heterocycles. The number of hydrogen-bond donors (Lipinski definition) is 3. The highest BCUT2D eigenvalue weighted by Crippen LogP contribution is 2.02. The summed E-state index contributed by atoms with van der Waals surface area (Å²) in [6.45, 7) is 0. The second-order valence-electron chi connectivity index (χ2n) is 2.68. The van der Waals surface area contributed by atoms with Crippen LogP contribution in [-0.4, -0.2) is 12.9 Å². The minimum Gasteiger partial charge on any atom is -0.280 e. The zero-order chi connectivity index (χ0) is 9.68. The van der Waals surface area contributed by atoms with E-state index in [4.69, 9.17) is 5.84 Å². The maximum atomic E-state index is 12.5. The van der Waals surface area contributed by atoms with Gasteiger partial charge < -0.3 is 0 Å². The molecule has 4 heteroatoms. The van der Waals surface area contributed by atoms with Crippen LogP contribution in [0.5, 0.6) is 0 Å². The van der Waals surface area contributed by atoms with Crippen LogP contribution in [-0.2, 0) is 6.42 Å². The number of amidine groups is 1. The molecule has 0 amide bonds. The second kappa shape index (κ2) is 4.57. The molecule has 13 heavy (non-hydrogen) atoms. The Hall–Kier alpha value is -1.42. The molecule has 0 atom stereocenters. The van der Waals surface area contributed by atoms with Crippen LogP contribution in [0.25, 0.3) is 0 Å². The van der Waals surface area contributed by atoms with Crippen molar-refractivity contribution in [3.8, 4) is 0 Å². The van der Waals surface area contributed by atoms with Gasteiger partial charge in [-0.05, 0) is 17.7 Å². The molecule has 0 aliphatic heterocycles. The molecule has 0 unspecified atom stereocenters. The molecule has 0 fully saturated rings. The Labute approximate surface area is 76.4 Å². The highest BCUT2D eigenvalue weighted by Gasteiger charge is 2.03. The molecular formula is C9H13FN3+. The highest BCUT2D eigenvalue weighted by atomic mass is 19.1. The fraction of sp³-hybridized carbons (Fsp3) is 0.222. The van der Waals surface area contributed by atoms with Crippen molar-refractivity contribution in [2.24, 2.45) is 5.84 Å². The molecule has 0 radical (unpaired) electrons. The quantitative estimate of drug-likeness (QED) is 0.236. The largest absolute Gasteiger partial charge is 0.280 e. The van der Waals surface area contributed by atoms with Crippen LogP contribution in [0.3, 0.4) is 0 Å². The SMILES string of the molecule is C[NH+]=C(Cc1ccc(F)cc1)NN. The van der Waals surface area contributed by atoms with Gasteiger partial charge in [0.1, 0.15) is 5.82 Å². The average molecular weight is 182 g/mol. The predicted octanol–water partition coefficient (Wildman–Crippen LogP) is -1.06. The van der Waals surface area contributed by atoms with Crippen molar-refractivity contribution in [1.29, 1.82) is 0 Å². The van der Waals surface area contributed by atoms with Gasteiger partial charge in [0.15, 0.2) is 0 Å². The van der Waals surface area contributed by atoms with Crippen LogP contribution in [0.15, 0.2) is 24.3 Å². The zero-order valence-corrected chi connectivity index (χ0v) is 7.47. The average Bonchev–Trinajstić information content (AvgIpc) is 2.17. The van der Waals surface area contributed by atoms with E-state index in [1.54, 1.807) is 19.2 Å². The van der Waals surface area contributed by atoms with Crippen molar-refractivity contribution >= 4 is 5.84 Å². The van der Waals surface area contributed by atoms with Crippen molar-refractivity contribution in [2.45, 2.75) is 6.42 Å². The summed E-state index contributed by atoms with van der Waals surface area (Å²) in [5.41, 5.74) is 3.53. The summed E-state index contributed by atoms with van der Waals surface area (Å²) < 4.78 is 12.5. The molecule has 0 spiro atoms. The lowest BCUT2D eigenvalue weighted by atomic mass is 10.1. The Morgan fingerprint density at radius 1 is 1.46 bits per heavy atom. The summed E-state index contributed by atoms with van der Waals surface area (Å²) in [5, 5.41) is 0. The fourth-order valence-electron chi connectivity index (χ4n) is 1.02. The molecule has 1 rings (SSSR count). The molecule has 0 aliphatic carbocycles. The third kappa shape index (κ3) is 2.83. The predicted molar refractivity (Wildman–Crippen MR) is 49.3 cm³/mol. The summed E-state index contributed by atoms with van der Waals surface area (Å²) in [4.78, 5) is 2.90. The standard InChI is InChI=1S/C9H12FN3/c1-12-9(13-11)6-7-2-4-8(10)5-3-7/h2-5H,6,11H2,1H3,(H,12,13)/p+1. The molecule has 0 heterocycles. The first kappa shape index (κ1) is 9.67. The van der Waals surface area contributed by atoms with E-state index in [9.17, 15) is 4.39 Å². The van der Waals surface area contributed by atoms with E-state index in [1.807, 2.05) is 0 Å². The molecule has 0 saturated carbocycles. The van der Waals surface area contributed by atoms with Crippen molar-refractivity contribution in [3.05, 3.63) is 35.6 Å². The third-order valence-corrected chi connectivity index (χ3v) is 1.77. The van der Waals surface area contributed by atoms with E-state index in [0.717, 1.165) is 11.4 Å². The summed E-state index contributed by atoms with van der Waals surface area (Å²) in [5.74, 6) is 5.81. The number of benzene rings is 1. The topological polar surface area (TPSA) is 52.0 Å². The minimum atomic E-state index is -0.226. The van der Waals surface area contributed by atoms with Crippen LogP contribution in [0, 0.1) is 5.82 Å². The monoisotopic (exact) mass is 182 g/mol. The van der Waals surface area contributed by atoms with Gasteiger partial charge in [-0.1, -0.05) is 12.1 Å². The normalized spacial score (nSPS) is 11.5. The summed E-state index contributed by atoms with van der Waals surface area (Å²) in [6.07, 6.45) is 0.646. The fourth-order valence-corrected chi connectivity index (χ4v) is 1.02. The number of hydrogen-bond acceptors (Lipinski definition) is 1. The van der Waals surface area contributed by atoms with Crippen LogP contribution >= 0.6 is 0 Å². The number of nitrogens with two attached hydrogens (primary N) is 1. The van der Waals surface area contributed by atoms with Crippen molar-refractivity contribution in [1.82, 2.24) is 5.43 Å². The maximum absolute atomic E-state index is 12.5. The van der Waals surface area contributed by atoms with E-state index in [0.29, 0.717) is 6.42 Å². The Morgan fingerprint density at radius 3 is 2.54 bits per heavy atom. The van der Waals surface area contributed by atoms with Crippen LogP contribution in [0.1, 0.15) is 5.56 Å². The summed E-state index contributed by atoms with van der Waals surface area (Å²) >= 11 is 0. The van der Waals surface area contributed by atoms with Crippen molar-refractivity contribution in [2.75, 3.05) is 7.05 Å². The third-order valence-electron chi connectivity index (χ3n) is 1.77. The lowest BCUT2D eigenvalue weighted by Gasteiger charge is -1.98. The molecule has 1 aromatic rings. The molecule has 70 valence electrons. The van der Waals surface area contributed by atoms with Gasteiger partial charge in [0.25, 0.3) is 5.84 Å². The highest BCUT2D eigenvalue weighted by molar-refractivity contribution is 5.78. The van der Waals surface area contributed by atoms with Crippen LogP contribution < -0.4 is 16.3 Å².